The fraction of sp³-hybridized carbons (Fsp3) is 0.381. The molecule has 24 heavy (non-hydrogen) atoms. The molecule has 3 heteroatoms. The zero-order valence-electron chi connectivity index (χ0n) is 14.8. The van der Waals surface area contributed by atoms with E-state index in [0.717, 1.165) is 36.5 Å². The number of anilines is 1. The summed E-state index contributed by atoms with van der Waals surface area (Å²) in [5.74, 6) is 1.86. The van der Waals surface area contributed by atoms with Gasteiger partial charge in [-0.2, -0.15) is 0 Å². The van der Waals surface area contributed by atoms with Crippen LogP contribution in [0.3, 0.4) is 0 Å². The van der Waals surface area contributed by atoms with Crippen molar-refractivity contribution in [1.29, 1.82) is 0 Å². The Kier molecular flexibility index (Phi) is 5.19. The van der Waals surface area contributed by atoms with E-state index in [1.165, 1.54) is 11.1 Å². The van der Waals surface area contributed by atoms with Gasteiger partial charge in [-0.1, -0.05) is 44.2 Å². The second kappa shape index (κ2) is 7.52. The molecule has 0 spiro atoms. The molecule has 2 unspecified atom stereocenters. The smallest absolute Gasteiger partial charge is 0.122 e. The first kappa shape index (κ1) is 16.6. The summed E-state index contributed by atoms with van der Waals surface area (Å²) in [4.78, 5) is 4.59. The molecule has 1 heterocycles. The number of aliphatic imine (C=N–C) groups is 1. The molecule has 1 N–H and O–H groups in total. The predicted molar refractivity (Wildman–Crippen MR) is 102 cm³/mol. The molecule has 2 aromatic rings. The Morgan fingerprint density at radius 3 is 2.79 bits per heavy atom. The van der Waals surface area contributed by atoms with Crippen LogP contribution in [0.25, 0.3) is 0 Å². The van der Waals surface area contributed by atoms with E-state index in [2.05, 4.69) is 54.5 Å². The van der Waals surface area contributed by atoms with Gasteiger partial charge in [-0.25, -0.2) is 0 Å². The summed E-state index contributed by atoms with van der Waals surface area (Å²) in [6.07, 6.45) is 4.15. The maximum atomic E-state index is 5.51. The van der Waals surface area contributed by atoms with Gasteiger partial charge in [0, 0.05) is 12.8 Å². The van der Waals surface area contributed by atoms with Crippen molar-refractivity contribution < 1.29 is 4.74 Å². The van der Waals surface area contributed by atoms with Gasteiger partial charge in [0.2, 0.25) is 0 Å². The number of hydrogen-bond acceptors (Lipinski definition) is 3. The maximum absolute atomic E-state index is 5.51. The Balaban J connectivity index is 1.70. The van der Waals surface area contributed by atoms with Crippen molar-refractivity contribution in [3.05, 3.63) is 53.6 Å². The Hall–Kier alpha value is -2.29. The normalized spacial score (nSPS) is 15.5. The van der Waals surface area contributed by atoms with Crippen molar-refractivity contribution >= 4 is 17.6 Å². The summed E-state index contributed by atoms with van der Waals surface area (Å²) in [6, 6.07) is 14.7. The summed E-state index contributed by atoms with van der Waals surface area (Å²) >= 11 is 0. The van der Waals surface area contributed by atoms with Gasteiger partial charge in [0.25, 0.3) is 0 Å². The van der Waals surface area contributed by atoms with Gasteiger partial charge in [0.05, 0.1) is 18.5 Å². The first-order valence-electron chi connectivity index (χ1n) is 8.72. The van der Waals surface area contributed by atoms with Gasteiger partial charge in [0.15, 0.2) is 0 Å². The standard InChI is InChI=1S/C21H26N2O/c1-15(16(2)18-10-4-5-12-20(18)24-3)14-23-19-11-6-8-17-9-7-13-22-21(17)19/h4-6,8,10-13,15-16,23H,7,9,14H2,1-3H3. The number of aryl methyl sites for hydroxylation is 1. The monoisotopic (exact) mass is 322 g/mol. The summed E-state index contributed by atoms with van der Waals surface area (Å²) in [5.41, 5.74) is 4.86. The third kappa shape index (κ3) is 3.45. The lowest BCUT2D eigenvalue weighted by atomic mass is 9.88. The third-order valence-corrected chi connectivity index (χ3v) is 4.98. The quantitative estimate of drug-likeness (QED) is 0.793. The highest BCUT2D eigenvalue weighted by molar-refractivity contribution is 5.78. The minimum Gasteiger partial charge on any atom is -0.496 e. The number of ether oxygens (including phenoxy) is 1. The molecule has 0 aromatic heterocycles. The number of para-hydroxylation sites is 2. The fourth-order valence-electron chi connectivity index (χ4n) is 3.26. The second-order valence-corrected chi connectivity index (χ2v) is 6.55. The number of fused-ring (bicyclic) bond motifs is 1. The van der Waals surface area contributed by atoms with E-state index < -0.39 is 0 Å². The summed E-state index contributed by atoms with van der Waals surface area (Å²) in [5, 5.41) is 3.61. The van der Waals surface area contributed by atoms with Crippen LogP contribution in [-0.4, -0.2) is 19.9 Å². The van der Waals surface area contributed by atoms with Gasteiger partial charge in [-0.3, -0.25) is 4.99 Å². The minimum atomic E-state index is 0.414. The number of benzene rings is 2. The Morgan fingerprint density at radius 1 is 1.12 bits per heavy atom. The molecule has 3 nitrogen and oxygen atoms in total. The molecule has 0 saturated carbocycles. The first-order chi connectivity index (χ1) is 11.7. The molecule has 3 rings (SSSR count). The Morgan fingerprint density at radius 2 is 1.96 bits per heavy atom. The number of nitrogens with zero attached hydrogens (tertiary/aromatic N) is 1. The van der Waals surface area contributed by atoms with Crippen LogP contribution in [-0.2, 0) is 6.42 Å². The van der Waals surface area contributed by atoms with Gasteiger partial charge in [0.1, 0.15) is 5.75 Å². The topological polar surface area (TPSA) is 33.6 Å². The van der Waals surface area contributed by atoms with E-state index in [1.54, 1.807) is 7.11 Å². The summed E-state index contributed by atoms with van der Waals surface area (Å²) in [7, 11) is 1.74. The van der Waals surface area contributed by atoms with Crippen LogP contribution in [0, 0.1) is 5.92 Å². The molecule has 0 amide bonds. The fourth-order valence-corrected chi connectivity index (χ4v) is 3.26. The highest BCUT2D eigenvalue weighted by atomic mass is 16.5. The third-order valence-electron chi connectivity index (χ3n) is 4.98. The zero-order valence-corrected chi connectivity index (χ0v) is 14.8. The van der Waals surface area contributed by atoms with E-state index in [9.17, 15) is 0 Å². The molecule has 0 fully saturated rings. The highest BCUT2D eigenvalue weighted by Crippen LogP contribution is 2.34. The number of methoxy groups -OCH3 is 1. The molecule has 0 radical (unpaired) electrons. The Labute approximate surface area is 144 Å². The summed E-state index contributed by atoms with van der Waals surface area (Å²) in [6.45, 7) is 5.46. The van der Waals surface area contributed by atoms with Crippen LogP contribution < -0.4 is 10.1 Å². The lowest BCUT2D eigenvalue weighted by molar-refractivity contribution is 0.397. The van der Waals surface area contributed by atoms with Crippen LogP contribution in [0.15, 0.2) is 47.5 Å². The zero-order chi connectivity index (χ0) is 16.9. The van der Waals surface area contributed by atoms with E-state index in [1.807, 2.05) is 18.3 Å². The van der Waals surface area contributed by atoms with Gasteiger partial charge in [-0.05, 0) is 47.9 Å². The SMILES string of the molecule is COc1ccccc1C(C)C(C)CNc1cccc2c1N=CCC2. The number of rotatable bonds is 6. The predicted octanol–water partition coefficient (Wildman–Crippen LogP) is 5.20. The van der Waals surface area contributed by atoms with E-state index >= 15 is 0 Å². The van der Waals surface area contributed by atoms with Crippen molar-refractivity contribution in [2.45, 2.75) is 32.6 Å². The molecule has 0 aliphatic carbocycles. The molecule has 0 bridgehead atoms. The van der Waals surface area contributed by atoms with Crippen molar-refractivity contribution in [3.8, 4) is 5.75 Å². The van der Waals surface area contributed by atoms with E-state index in [-0.39, 0.29) is 0 Å². The van der Waals surface area contributed by atoms with Crippen LogP contribution in [0.4, 0.5) is 11.4 Å². The summed E-state index contributed by atoms with van der Waals surface area (Å²) < 4.78 is 5.51. The molecular formula is C21H26N2O. The largest absolute Gasteiger partial charge is 0.496 e. The van der Waals surface area contributed by atoms with Crippen molar-refractivity contribution in [3.63, 3.8) is 0 Å². The molecule has 126 valence electrons. The molecule has 0 saturated heterocycles. The molecule has 1 aliphatic heterocycles. The van der Waals surface area contributed by atoms with Crippen LogP contribution in [0.1, 0.15) is 37.3 Å². The molecule has 1 aliphatic rings. The average molecular weight is 322 g/mol. The molecular weight excluding hydrogens is 296 g/mol. The van der Waals surface area contributed by atoms with Gasteiger partial charge >= 0.3 is 0 Å². The lowest BCUT2D eigenvalue weighted by Crippen LogP contribution is -2.18. The first-order valence-corrected chi connectivity index (χ1v) is 8.72. The maximum Gasteiger partial charge on any atom is 0.122 e. The number of hydrogen-bond donors (Lipinski definition) is 1. The number of nitrogens with one attached hydrogen (secondary N) is 1. The highest BCUT2D eigenvalue weighted by Gasteiger charge is 2.18. The van der Waals surface area contributed by atoms with Gasteiger partial charge in [-0.15, -0.1) is 0 Å². The van der Waals surface area contributed by atoms with Crippen LogP contribution in [0.2, 0.25) is 0 Å². The second-order valence-electron chi connectivity index (χ2n) is 6.55. The van der Waals surface area contributed by atoms with E-state index in [4.69, 9.17) is 4.74 Å². The van der Waals surface area contributed by atoms with E-state index in [0.29, 0.717) is 11.8 Å². The molecule has 2 atom stereocenters. The average Bonchev–Trinajstić information content (AvgIpc) is 2.65. The van der Waals surface area contributed by atoms with Crippen molar-refractivity contribution in [2.24, 2.45) is 10.9 Å². The lowest BCUT2D eigenvalue weighted by Gasteiger charge is -2.24. The van der Waals surface area contributed by atoms with Gasteiger partial charge < -0.3 is 10.1 Å². The minimum absolute atomic E-state index is 0.414. The van der Waals surface area contributed by atoms with Crippen molar-refractivity contribution in [1.82, 2.24) is 0 Å². The van der Waals surface area contributed by atoms with Crippen molar-refractivity contribution in [2.75, 3.05) is 19.0 Å². The van der Waals surface area contributed by atoms with Crippen LogP contribution >= 0.6 is 0 Å². The molecule has 2 aromatic carbocycles. The van der Waals surface area contributed by atoms with Crippen LogP contribution in [0.5, 0.6) is 5.75 Å². The Bertz CT molecular complexity index is 724.